The molecule has 0 atom stereocenters. The summed E-state index contributed by atoms with van der Waals surface area (Å²) in [5.41, 5.74) is 5.18. The van der Waals surface area contributed by atoms with Gasteiger partial charge in [0.25, 0.3) is 0 Å². The SMILES string of the molecule is CCCc1c(OCCCCCCc2cccc(OC(=O)c3ccc(C)cc3)c2OC(=O)c2ccc(C)cc2)ccc(C(=O)OCc2ccccc2)c1O. The molecule has 0 unspecified atom stereocenters. The maximum Gasteiger partial charge on any atom is 0.343 e. The van der Waals surface area contributed by atoms with Gasteiger partial charge in [-0.1, -0.05) is 104 Å². The van der Waals surface area contributed by atoms with Gasteiger partial charge < -0.3 is 24.1 Å². The van der Waals surface area contributed by atoms with Gasteiger partial charge >= 0.3 is 17.9 Å². The van der Waals surface area contributed by atoms with E-state index < -0.39 is 17.9 Å². The first-order valence-electron chi connectivity index (χ1n) is 18.1. The molecule has 8 heteroatoms. The van der Waals surface area contributed by atoms with E-state index in [0.29, 0.717) is 41.9 Å². The number of aryl methyl sites for hydroxylation is 3. The minimum atomic E-state index is -0.585. The van der Waals surface area contributed by atoms with Gasteiger partial charge in [0.1, 0.15) is 23.7 Å². The summed E-state index contributed by atoms with van der Waals surface area (Å²) in [6.07, 6.45) is 5.24. The highest BCUT2D eigenvalue weighted by atomic mass is 16.6. The number of phenols is 1. The highest BCUT2D eigenvalue weighted by molar-refractivity contribution is 5.94. The zero-order chi connectivity index (χ0) is 37.6. The number of esters is 3. The standard InChI is InChI=1S/C45H46O8/c1-4-13-37-39(28-27-38(41(37)46)45(49)51-30-33-14-8-7-9-15-33)50-29-11-6-5-10-16-34-17-12-18-40(52-43(47)35-23-19-31(2)20-24-35)42(34)53-44(48)36-25-21-32(3)22-26-36/h7-9,12,14-15,17-28,46H,4-6,10-11,13,16,29-30H2,1-3H3. The van der Waals surface area contributed by atoms with E-state index in [2.05, 4.69) is 0 Å². The number of unbranched alkanes of at least 4 members (excludes halogenated alkanes) is 3. The molecule has 53 heavy (non-hydrogen) atoms. The molecule has 8 nitrogen and oxygen atoms in total. The lowest BCUT2D eigenvalue weighted by Gasteiger charge is -2.16. The van der Waals surface area contributed by atoms with Gasteiger partial charge in [0.05, 0.1) is 17.7 Å². The molecule has 5 aromatic rings. The first-order valence-corrected chi connectivity index (χ1v) is 18.1. The van der Waals surface area contributed by atoms with Gasteiger partial charge in [-0.15, -0.1) is 0 Å². The predicted octanol–water partition coefficient (Wildman–Crippen LogP) is 9.94. The Hall–Kier alpha value is -5.89. The molecule has 0 fully saturated rings. The predicted molar refractivity (Wildman–Crippen MR) is 204 cm³/mol. The number of carbonyl (C=O) groups is 3. The van der Waals surface area contributed by atoms with Crippen molar-refractivity contribution in [2.45, 2.75) is 72.3 Å². The summed E-state index contributed by atoms with van der Waals surface area (Å²) >= 11 is 0. The summed E-state index contributed by atoms with van der Waals surface area (Å²) in [6, 6.07) is 32.2. The third-order valence-electron chi connectivity index (χ3n) is 8.80. The highest BCUT2D eigenvalue weighted by Crippen LogP contribution is 2.35. The molecule has 0 radical (unpaired) electrons. The van der Waals surface area contributed by atoms with Crippen molar-refractivity contribution in [1.82, 2.24) is 0 Å². The van der Waals surface area contributed by atoms with Crippen LogP contribution in [0.15, 0.2) is 109 Å². The van der Waals surface area contributed by atoms with Gasteiger partial charge in [0, 0.05) is 5.56 Å². The number of benzene rings is 5. The Morgan fingerprint density at radius 3 is 1.91 bits per heavy atom. The first-order chi connectivity index (χ1) is 25.7. The average molecular weight is 715 g/mol. The molecule has 274 valence electrons. The number of aromatic hydroxyl groups is 1. The molecule has 0 bridgehead atoms. The molecule has 0 saturated heterocycles. The molecular weight excluding hydrogens is 668 g/mol. The van der Waals surface area contributed by atoms with Gasteiger partial charge in [0.2, 0.25) is 0 Å². The average Bonchev–Trinajstić information content (AvgIpc) is 3.16. The van der Waals surface area contributed by atoms with E-state index in [0.717, 1.165) is 54.4 Å². The van der Waals surface area contributed by atoms with E-state index in [1.807, 2.05) is 81.4 Å². The summed E-state index contributed by atoms with van der Waals surface area (Å²) in [5.74, 6) is -0.788. The van der Waals surface area contributed by atoms with Crippen LogP contribution in [0.1, 0.15) is 97.9 Å². The Morgan fingerprint density at radius 2 is 1.25 bits per heavy atom. The Bertz CT molecular complexity index is 1980. The second-order valence-corrected chi connectivity index (χ2v) is 13.0. The number of hydrogen-bond donors (Lipinski definition) is 1. The second kappa shape index (κ2) is 19.1. The van der Waals surface area contributed by atoms with Crippen LogP contribution in [0.25, 0.3) is 0 Å². The maximum absolute atomic E-state index is 13.2. The number of hydrogen-bond acceptors (Lipinski definition) is 8. The largest absolute Gasteiger partial charge is 0.507 e. The third kappa shape index (κ3) is 10.8. The van der Waals surface area contributed by atoms with Crippen LogP contribution in [-0.4, -0.2) is 29.6 Å². The smallest absolute Gasteiger partial charge is 0.343 e. The minimum absolute atomic E-state index is 0.104. The first kappa shape index (κ1) is 38.3. The number of phenolic OH excluding ortho intramolecular Hbond substituents is 1. The fourth-order valence-electron chi connectivity index (χ4n) is 5.81. The van der Waals surface area contributed by atoms with Crippen molar-refractivity contribution in [1.29, 1.82) is 0 Å². The number of carbonyl (C=O) groups excluding carboxylic acids is 3. The van der Waals surface area contributed by atoms with Crippen LogP contribution in [0.3, 0.4) is 0 Å². The lowest BCUT2D eigenvalue weighted by molar-refractivity contribution is 0.0468. The van der Waals surface area contributed by atoms with Crippen molar-refractivity contribution in [3.05, 3.63) is 154 Å². The molecule has 5 rings (SSSR count). The van der Waals surface area contributed by atoms with Gasteiger partial charge in [-0.3, -0.25) is 0 Å². The molecule has 1 N–H and O–H groups in total. The van der Waals surface area contributed by atoms with Gasteiger partial charge in [-0.2, -0.15) is 0 Å². The van der Waals surface area contributed by atoms with Gasteiger partial charge in [0.15, 0.2) is 11.5 Å². The van der Waals surface area contributed by atoms with E-state index in [9.17, 15) is 19.5 Å². The summed E-state index contributed by atoms with van der Waals surface area (Å²) in [6.45, 7) is 6.45. The zero-order valence-corrected chi connectivity index (χ0v) is 30.6. The normalized spacial score (nSPS) is 10.8. The Labute approximate surface area is 311 Å². The summed E-state index contributed by atoms with van der Waals surface area (Å²) in [4.78, 5) is 39.0. The third-order valence-corrected chi connectivity index (χ3v) is 8.80. The number of para-hydroxylation sites is 1. The van der Waals surface area contributed by atoms with Gasteiger partial charge in [-0.05, 0) is 93.1 Å². The van der Waals surface area contributed by atoms with Crippen molar-refractivity contribution in [2.24, 2.45) is 0 Å². The number of ether oxygens (including phenoxy) is 4. The van der Waals surface area contributed by atoms with Crippen LogP contribution in [0.5, 0.6) is 23.0 Å². The highest BCUT2D eigenvalue weighted by Gasteiger charge is 2.21. The van der Waals surface area contributed by atoms with Crippen LogP contribution in [0.4, 0.5) is 0 Å². The van der Waals surface area contributed by atoms with Crippen LogP contribution >= 0.6 is 0 Å². The Balaban J connectivity index is 1.17. The second-order valence-electron chi connectivity index (χ2n) is 13.0. The molecule has 0 spiro atoms. The van der Waals surface area contributed by atoms with Crippen LogP contribution in [0, 0.1) is 13.8 Å². The molecular formula is C45H46O8. The van der Waals surface area contributed by atoms with E-state index >= 15 is 0 Å². The molecule has 0 aliphatic heterocycles. The minimum Gasteiger partial charge on any atom is -0.507 e. The van der Waals surface area contributed by atoms with Crippen molar-refractivity contribution in [2.75, 3.05) is 6.61 Å². The maximum atomic E-state index is 13.2. The Kier molecular flexibility index (Phi) is 13.8. The topological polar surface area (TPSA) is 108 Å². The van der Waals surface area contributed by atoms with E-state index in [1.54, 1.807) is 48.5 Å². The lowest BCUT2D eigenvalue weighted by atomic mass is 10.0. The van der Waals surface area contributed by atoms with Crippen molar-refractivity contribution >= 4 is 17.9 Å². The van der Waals surface area contributed by atoms with E-state index in [-0.39, 0.29) is 29.4 Å². The summed E-state index contributed by atoms with van der Waals surface area (Å²) < 4.78 is 23.2. The summed E-state index contributed by atoms with van der Waals surface area (Å²) in [7, 11) is 0. The fourth-order valence-corrected chi connectivity index (χ4v) is 5.81. The number of rotatable bonds is 17. The molecule has 0 aliphatic rings. The molecule has 0 amide bonds. The molecule has 0 heterocycles. The van der Waals surface area contributed by atoms with E-state index in [4.69, 9.17) is 18.9 Å². The van der Waals surface area contributed by atoms with Gasteiger partial charge in [-0.25, -0.2) is 14.4 Å². The van der Waals surface area contributed by atoms with Crippen molar-refractivity contribution in [3.63, 3.8) is 0 Å². The van der Waals surface area contributed by atoms with Crippen LogP contribution in [0.2, 0.25) is 0 Å². The Morgan fingerprint density at radius 1 is 0.604 bits per heavy atom. The summed E-state index contributed by atoms with van der Waals surface area (Å²) in [5, 5.41) is 11.0. The fraction of sp³-hybridized carbons (Fsp3) is 0.267. The quantitative estimate of drug-likeness (QED) is 0.0576. The lowest BCUT2D eigenvalue weighted by Crippen LogP contribution is -2.14. The van der Waals surface area contributed by atoms with Crippen molar-refractivity contribution in [3.8, 4) is 23.0 Å². The molecule has 5 aromatic carbocycles. The van der Waals surface area contributed by atoms with Crippen LogP contribution in [-0.2, 0) is 24.2 Å². The zero-order valence-electron chi connectivity index (χ0n) is 30.6. The monoisotopic (exact) mass is 714 g/mol. The van der Waals surface area contributed by atoms with E-state index in [1.165, 1.54) is 0 Å². The van der Waals surface area contributed by atoms with Crippen molar-refractivity contribution < 1.29 is 38.4 Å². The van der Waals surface area contributed by atoms with Crippen LogP contribution < -0.4 is 14.2 Å². The molecule has 0 aromatic heterocycles. The molecule has 0 saturated carbocycles. The molecule has 0 aliphatic carbocycles.